The zero-order valence-corrected chi connectivity index (χ0v) is 18.0. The van der Waals surface area contributed by atoms with Crippen LogP contribution in [0.15, 0.2) is 54.7 Å². The molecule has 0 saturated carbocycles. The summed E-state index contributed by atoms with van der Waals surface area (Å²) in [6, 6.07) is 16.3. The van der Waals surface area contributed by atoms with Crippen LogP contribution in [0.4, 0.5) is 16.2 Å². The summed E-state index contributed by atoms with van der Waals surface area (Å²) < 4.78 is 7.49. The number of amides is 2. The third kappa shape index (κ3) is 4.37. The lowest BCUT2D eigenvalue weighted by Crippen LogP contribution is -2.50. The number of hydrogen-bond donors (Lipinski definition) is 1. The SMILES string of the molecule is COc1ccc(N2CCN(C(=O)Nc3ccc4c(ccn4CC(C)C)c3)CC2)cc1. The predicted octanol–water partition coefficient (Wildman–Crippen LogP) is 4.66. The second-order valence-electron chi connectivity index (χ2n) is 8.24. The molecule has 6 nitrogen and oxygen atoms in total. The van der Waals surface area contributed by atoms with E-state index in [2.05, 4.69) is 65.2 Å². The molecule has 1 saturated heterocycles. The van der Waals surface area contributed by atoms with E-state index in [0.717, 1.165) is 42.1 Å². The summed E-state index contributed by atoms with van der Waals surface area (Å²) in [5.74, 6) is 1.45. The highest BCUT2D eigenvalue weighted by Gasteiger charge is 2.21. The molecule has 0 bridgehead atoms. The zero-order chi connectivity index (χ0) is 21.1. The largest absolute Gasteiger partial charge is 0.497 e. The van der Waals surface area contributed by atoms with Crippen LogP contribution in [0.1, 0.15) is 13.8 Å². The van der Waals surface area contributed by atoms with Crippen molar-refractivity contribution in [1.82, 2.24) is 9.47 Å². The number of anilines is 2. The number of nitrogens with zero attached hydrogens (tertiary/aromatic N) is 3. The van der Waals surface area contributed by atoms with Gasteiger partial charge < -0.3 is 24.4 Å². The summed E-state index contributed by atoms with van der Waals surface area (Å²) in [6.07, 6.45) is 2.12. The van der Waals surface area contributed by atoms with Crippen LogP contribution in [0.5, 0.6) is 5.75 Å². The minimum Gasteiger partial charge on any atom is -0.497 e. The van der Waals surface area contributed by atoms with E-state index in [4.69, 9.17) is 4.74 Å². The van der Waals surface area contributed by atoms with E-state index in [9.17, 15) is 4.79 Å². The smallest absolute Gasteiger partial charge is 0.321 e. The molecule has 1 aliphatic rings. The van der Waals surface area contributed by atoms with Gasteiger partial charge in [-0.15, -0.1) is 0 Å². The van der Waals surface area contributed by atoms with E-state index in [1.54, 1.807) is 7.11 Å². The average Bonchev–Trinajstić information content (AvgIpc) is 3.15. The Morgan fingerprint density at radius 1 is 1.03 bits per heavy atom. The molecule has 0 spiro atoms. The van der Waals surface area contributed by atoms with Crippen molar-refractivity contribution in [3.05, 3.63) is 54.7 Å². The summed E-state index contributed by atoms with van der Waals surface area (Å²) in [7, 11) is 1.67. The van der Waals surface area contributed by atoms with Crippen molar-refractivity contribution in [2.45, 2.75) is 20.4 Å². The first-order valence-corrected chi connectivity index (χ1v) is 10.6. The number of hydrogen-bond acceptors (Lipinski definition) is 3. The van der Waals surface area contributed by atoms with Gasteiger partial charge in [0.15, 0.2) is 0 Å². The quantitative estimate of drug-likeness (QED) is 0.670. The van der Waals surface area contributed by atoms with E-state index in [1.165, 1.54) is 5.52 Å². The highest BCUT2D eigenvalue weighted by Crippen LogP contribution is 2.23. The maximum Gasteiger partial charge on any atom is 0.321 e. The zero-order valence-electron chi connectivity index (χ0n) is 18.0. The standard InChI is InChI=1S/C24H30N4O2/c1-18(2)17-28-11-10-19-16-20(4-9-23(19)28)25-24(29)27-14-12-26(13-15-27)21-5-7-22(30-3)8-6-21/h4-11,16,18H,12-15,17H2,1-3H3,(H,25,29). The molecule has 0 unspecified atom stereocenters. The van der Waals surface area contributed by atoms with E-state index in [1.807, 2.05) is 23.1 Å². The number of benzene rings is 2. The molecule has 1 fully saturated rings. The van der Waals surface area contributed by atoms with Crippen molar-refractivity contribution < 1.29 is 9.53 Å². The monoisotopic (exact) mass is 406 g/mol. The van der Waals surface area contributed by atoms with E-state index >= 15 is 0 Å². The van der Waals surface area contributed by atoms with Crippen LogP contribution in [0.25, 0.3) is 10.9 Å². The maximum absolute atomic E-state index is 12.8. The van der Waals surface area contributed by atoms with Crippen molar-refractivity contribution >= 4 is 28.3 Å². The molecule has 2 aromatic carbocycles. The van der Waals surface area contributed by atoms with E-state index in [0.29, 0.717) is 19.0 Å². The molecular formula is C24H30N4O2. The minimum absolute atomic E-state index is 0.0367. The number of aromatic nitrogens is 1. The number of rotatable bonds is 5. The Labute approximate surface area is 178 Å². The summed E-state index contributed by atoms with van der Waals surface area (Å²) in [5, 5.41) is 4.22. The molecule has 6 heteroatoms. The van der Waals surface area contributed by atoms with Gasteiger partial charge in [0.2, 0.25) is 0 Å². The van der Waals surface area contributed by atoms with Gasteiger partial charge in [-0.3, -0.25) is 0 Å². The molecule has 4 rings (SSSR count). The van der Waals surface area contributed by atoms with Gasteiger partial charge in [-0.2, -0.15) is 0 Å². The molecule has 2 heterocycles. The van der Waals surface area contributed by atoms with Gasteiger partial charge in [0.05, 0.1) is 7.11 Å². The summed E-state index contributed by atoms with van der Waals surface area (Å²) in [6.45, 7) is 8.46. The number of carbonyl (C=O) groups is 1. The fourth-order valence-corrected chi connectivity index (χ4v) is 3.99. The molecule has 1 aliphatic heterocycles. The third-order valence-electron chi connectivity index (χ3n) is 5.59. The maximum atomic E-state index is 12.8. The first-order valence-electron chi connectivity index (χ1n) is 10.6. The molecule has 2 amide bonds. The van der Waals surface area contributed by atoms with Gasteiger partial charge in [-0.1, -0.05) is 13.8 Å². The molecule has 0 atom stereocenters. The van der Waals surface area contributed by atoms with Crippen molar-refractivity contribution in [1.29, 1.82) is 0 Å². The van der Waals surface area contributed by atoms with E-state index < -0.39 is 0 Å². The summed E-state index contributed by atoms with van der Waals surface area (Å²) in [4.78, 5) is 16.9. The first kappa shape index (κ1) is 20.1. The predicted molar refractivity (Wildman–Crippen MR) is 123 cm³/mol. The minimum atomic E-state index is -0.0367. The van der Waals surface area contributed by atoms with Crippen LogP contribution < -0.4 is 15.0 Å². The van der Waals surface area contributed by atoms with Crippen molar-refractivity contribution in [3.8, 4) is 5.75 Å². The Balaban J connectivity index is 1.35. The number of nitrogens with one attached hydrogen (secondary N) is 1. The Bertz CT molecular complexity index is 1000. The Kier molecular flexibility index (Phi) is 5.84. The molecule has 1 aromatic heterocycles. The fraction of sp³-hybridized carbons (Fsp3) is 0.375. The van der Waals surface area contributed by atoms with Gasteiger partial charge in [-0.25, -0.2) is 4.79 Å². The second-order valence-corrected chi connectivity index (χ2v) is 8.24. The van der Waals surface area contributed by atoms with Gasteiger partial charge in [0.1, 0.15) is 5.75 Å². The van der Waals surface area contributed by atoms with Crippen LogP contribution in [0.2, 0.25) is 0 Å². The van der Waals surface area contributed by atoms with E-state index in [-0.39, 0.29) is 6.03 Å². The Morgan fingerprint density at radius 2 is 1.77 bits per heavy atom. The second kappa shape index (κ2) is 8.69. The molecule has 158 valence electrons. The highest BCUT2D eigenvalue weighted by atomic mass is 16.5. The van der Waals surface area contributed by atoms with Crippen LogP contribution in [-0.4, -0.2) is 48.8 Å². The van der Waals surface area contributed by atoms with Crippen LogP contribution >= 0.6 is 0 Å². The number of methoxy groups -OCH3 is 1. The third-order valence-corrected chi connectivity index (χ3v) is 5.59. The molecular weight excluding hydrogens is 376 g/mol. The van der Waals surface area contributed by atoms with Crippen molar-refractivity contribution in [2.75, 3.05) is 43.5 Å². The van der Waals surface area contributed by atoms with Gasteiger partial charge in [-0.05, 0) is 54.4 Å². The van der Waals surface area contributed by atoms with Gasteiger partial charge in [0, 0.05) is 61.2 Å². The lowest BCUT2D eigenvalue weighted by atomic mass is 10.2. The lowest BCUT2D eigenvalue weighted by molar-refractivity contribution is 0.208. The Hall–Kier alpha value is -3.15. The fourth-order valence-electron chi connectivity index (χ4n) is 3.99. The topological polar surface area (TPSA) is 49.7 Å². The lowest BCUT2D eigenvalue weighted by Gasteiger charge is -2.36. The number of fused-ring (bicyclic) bond motifs is 1. The Morgan fingerprint density at radius 3 is 2.43 bits per heavy atom. The van der Waals surface area contributed by atoms with Crippen molar-refractivity contribution in [3.63, 3.8) is 0 Å². The molecule has 1 N–H and O–H groups in total. The molecule has 0 radical (unpaired) electrons. The highest BCUT2D eigenvalue weighted by molar-refractivity contribution is 5.93. The van der Waals surface area contributed by atoms with Crippen LogP contribution in [0.3, 0.4) is 0 Å². The first-order chi connectivity index (χ1) is 14.5. The summed E-state index contributed by atoms with van der Waals surface area (Å²) in [5.41, 5.74) is 3.20. The average molecular weight is 407 g/mol. The van der Waals surface area contributed by atoms with Gasteiger partial charge in [0.25, 0.3) is 0 Å². The summed E-state index contributed by atoms with van der Waals surface area (Å²) >= 11 is 0. The molecule has 0 aliphatic carbocycles. The van der Waals surface area contributed by atoms with Gasteiger partial charge >= 0.3 is 6.03 Å². The number of ether oxygens (including phenoxy) is 1. The van der Waals surface area contributed by atoms with Crippen molar-refractivity contribution in [2.24, 2.45) is 5.92 Å². The van der Waals surface area contributed by atoms with Crippen LogP contribution in [-0.2, 0) is 6.54 Å². The normalized spacial score (nSPS) is 14.4. The number of carbonyl (C=O) groups excluding carboxylic acids is 1. The molecule has 30 heavy (non-hydrogen) atoms. The number of piperazine rings is 1. The number of urea groups is 1. The van der Waals surface area contributed by atoms with Crippen LogP contribution in [0, 0.1) is 5.92 Å². The molecule has 3 aromatic rings.